The van der Waals surface area contributed by atoms with Gasteiger partial charge in [0.2, 0.25) is 0 Å². The van der Waals surface area contributed by atoms with Gasteiger partial charge >= 0.3 is 0 Å². The Morgan fingerprint density at radius 2 is 2.03 bits per heavy atom. The second-order valence-electron chi connectivity index (χ2n) is 6.97. The van der Waals surface area contributed by atoms with Gasteiger partial charge in [0.15, 0.2) is 31.3 Å². The molecule has 10 heteroatoms. The van der Waals surface area contributed by atoms with Crippen LogP contribution in [0.4, 0.5) is 0 Å². The van der Waals surface area contributed by atoms with Crippen LogP contribution in [0.1, 0.15) is 6.42 Å². The molecule has 2 heterocycles. The summed E-state index contributed by atoms with van der Waals surface area (Å²) in [5, 5.41) is 5.70. The summed E-state index contributed by atoms with van der Waals surface area (Å²) in [5.74, 6) is 0.734. The van der Waals surface area contributed by atoms with Crippen molar-refractivity contribution in [3.05, 3.63) is 47.6 Å². The van der Waals surface area contributed by atoms with Gasteiger partial charge in [-0.05, 0) is 30.8 Å². The Labute approximate surface area is 186 Å². The van der Waals surface area contributed by atoms with E-state index < -0.39 is 0 Å². The van der Waals surface area contributed by atoms with Crippen molar-refractivity contribution in [1.29, 1.82) is 0 Å². The predicted molar refractivity (Wildman–Crippen MR) is 121 cm³/mol. The number of hydrogen-bond donors (Lipinski definition) is 2. The van der Waals surface area contributed by atoms with Crippen LogP contribution < -0.4 is 20.9 Å². The highest BCUT2D eigenvalue weighted by molar-refractivity contribution is 8.02. The summed E-state index contributed by atoms with van der Waals surface area (Å²) in [6, 6.07) is 9.97. The van der Waals surface area contributed by atoms with Crippen LogP contribution >= 0.6 is 11.8 Å². The Morgan fingerprint density at radius 1 is 1.26 bits per heavy atom. The minimum atomic E-state index is -0.224. The fourth-order valence-electron chi connectivity index (χ4n) is 3.11. The fourth-order valence-corrected chi connectivity index (χ4v) is 3.96. The molecule has 1 aliphatic heterocycles. The first-order valence-corrected chi connectivity index (χ1v) is 11.0. The molecule has 0 aliphatic carbocycles. The van der Waals surface area contributed by atoms with Crippen molar-refractivity contribution in [2.24, 2.45) is 23.7 Å². The number of aldehydes is 1. The third kappa shape index (κ3) is 5.66. The summed E-state index contributed by atoms with van der Waals surface area (Å²) < 4.78 is 9.97. The lowest BCUT2D eigenvalue weighted by atomic mass is 10.1. The highest BCUT2D eigenvalue weighted by Crippen LogP contribution is 2.26. The monoisotopic (exact) mass is 445 g/mol. The van der Waals surface area contributed by atoms with Gasteiger partial charge in [-0.1, -0.05) is 16.9 Å². The number of hydrogen-bond acceptors (Lipinski definition) is 8. The van der Waals surface area contributed by atoms with E-state index in [9.17, 15) is 4.79 Å². The Bertz CT molecular complexity index is 941. The minimum absolute atomic E-state index is 0.207. The number of carbonyl (C=O) groups excluding carboxylic acids is 1. The number of ether oxygens (including phenoxy) is 1. The van der Waals surface area contributed by atoms with Crippen LogP contribution in [0.2, 0.25) is 0 Å². The Hall–Kier alpha value is -2.82. The van der Waals surface area contributed by atoms with Gasteiger partial charge in [0.25, 0.3) is 0 Å². The summed E-state index contributed by atoms with van der Waals surface area (Å²) in [7, 11) is 3.84. The summed E-state index contributed by atoms with van der Waals surface area (Å²) in [6.07, 6.45) is 3.66. The molecule has 31 heavy (non-hydrogen) atoms. The quantitative estimate of drug-likeness (QED) is 0.175. The van der Waals surface area contributed by atoms with Crippen LogP contribution in [0.3, 0.4) is 0 Å². The predicted octanol–water partition coefficient (Wildman–Crippen LogP) is 1.04. The first-order valence-electron chi connectivity index (χ1n) is 10.0. The van der Waals surface area contributed by atoms with Crippen molar-refractivity contribution in [3.63, 3.8) is 0 Å². The molecule has 0 bridgehead atoms. The highest BCUT2D eigenvalue weighted by Gasteiger charge is 2.23. The lowest BCUT2D eigenvalue weighted by molar-refractivity contribution is -0.772. The molecule has 1 unspecified atom stereocenters. The highest BCUT2D eigenvalue weighted by atomic mass is 32.2. The number of oxime groups is 1. The summed E-state index contributed by atoms with van der Waals surface area (Å²) in [5.41, 5.74) is 14.3. The van der Waals surface area contributed by atoms with Crippen molar-refractivity contribution < 1.29 is 19.1 Å². The summed E-state index contributed by atoms with van der Waals surface area (Å²) >= 11 is 1.42. The van der Waals surface area contributed by atoms with E-state index in [0.717, 1.165) is 30.0 Å². The number of aryl methyl sites for hydroxylation is 1. The SMILES string of the molecule is CN1C(/C(C=O)=N/OCCOc2ccc(-c3cc[n+](CCCN)n3C)cc2)=CSC1N. The van der Waals surface area contributed by atoms with Crippen molar-refractivity contribution in [2.45, 2.75) is 18.5 Å². The first kappa shape index (κ1) is 22.9. The molecule has 9 nitrogen and oxygen atoms in total. The van der Waals surface area contributed by atoms with E-state index in [-0.39, 0.29) is 17.8 Å². The van der Waals surface area contributed by atoms with Crippen molar-refractivity contribution in [3.8, 4) is 17.0 Å². The minimum Gasteiger partial charge on any atom is -0.490 e. The van der Waals surface area contributed by atoms with E-state index in [1.807, 2.05) is 31.3 Å². The molecular formula is C21H29N6O3S+. The smallest absolute Gasteiger partial charge is 0.196 e. The van der Waals surface area contributed by atoms with Gasteiger partial charge in [0.05, 0.1) is 12.7 Å². The van der Waals surface area contributed by atoms with Crippen molar-refractivity contribution in [1.82, 2.24) is 9.58 Å². The van der Waals surface area contributed by atoms with E-state index in [4.69, 9.17) is 21.0 Å². The molecule has 2 aromatic rings. The molecule has 4 N–H and O–H groups in total. The normalized spacial score (nSPS) is 16.4. The van der Waals surface area contributed by atoms with Crippen molar-refractivity contribution in [2.75, 3.05) is 26.8 Å². The first-order chi connectivity index (χ1) is 15.0. The maximum Gasteiger partial charge on any atom is 0.196 e. The van der Waals surface area contributed by atoms with E-state index in [1.165, 1.54) is 11.8 Å². The molecule has 1 aliphatic rings. The molecule has 1 atom stereocenters. The van der Waals surface area contributed by atoms with Gasteiger partial charge in [-0.2, -0.15) is 4.68 Å². The van der Waals surface area contributed by atoms with E-state index in [0.29, 0.717) is 25.1 Å². The average Bonchev–Trinajstić information content (AvgIpc) is 3.32. The largest absolute Gasteiger partial charge is 0.490 e. The van der Waals surface area contributed by atoms with Gasteiger partial charge in [-0.25, -0.2) is 0 Å². The molecule has 0 saturated heterocycles. The fraction of sp³-hybridized carbons (Fsp3) is 0.381. The number of nitrogens with zero attached hydrogens (tertiary/aromatic N) is 4. The Morgan fingerprint density at radius 3 is 2.68 bits per heavy atom. The molecule has 0 fully saturated rings. The van der Waals surface area contributed by atoms with Crippen molar-refractivity contribution >= 4 is 23.8 Å². The summed E-state index contributed by atoms with van der Waals surface area (Å²) in [6.45, 7) is 2.09. The lowest BCUT2D eigenvalue weighted by Crippen LogP contribution is -2.42. The van der Waals surface area contributed by atoms with Gasteiger partial charge < -0.3 is 25.9 Å². The van der Waals surface area contributed by atoms with Gasteiger partial charge in [-0.3, -0.25) is 4.79 Å². The van der Waals surface area contributed by atoms with Gasteiger partial charge in [0.1, 0.15) is 23.5 Å². The zero-order valence-electron chi connectivity index (χ0n) is 17.8. The molecule has 0 radical (unpaired) electrons. The zero-order valence-corrected chi connectivity index (χ0v) is 18.6. The molecule has 166 valence electrons. The number of carbonyl (C=O) groups is 1. The molecule has 1 aromatic carbocycles. The molecule has 0 amide bonds. The van der Waals surface area contributed by atoms with E-state index in [1.54, 1.807) is 17.4 Å². The number of rotatable bonds is 11. The van der Waals surface area contributed by atoms with E-state index in [2.05, 4.69) is 26.8 Å². The van der Waals surface area contributed by atoms with Crippen LogP contribution in [-0.2, 0) is 23.2 Å². The second kappa shape index (κ2) is 11.0. The Kier molecular flexibility index (Phi) is 8.10. The molecule has 0 saturated carbocycles. The number of aromatic nitrogens is 2. The number of allylic oxidation sites excluding steroid dienone is 1. The standard InChI is InChI=1S/C21H29N6O3S/c1-25-20(15-31-21(25)23)18(14-28)24-30-13-12-29-17-6-4-16(5-7-17)19-8-11-27(26(19)2)10-3-9-22/h4-8,11,14-15,21H,3,9-10,12-13,22-23H2,1-2H3/q+1/b24-18+. The maximum atomic E-state index is 11.3. The maximum absolute atomic E-state index is 11.3. The van der Waals surface area contributed by atoms with Crippen LogP contribution in [0, 0.1) is 0 Å². The van der Waals surface area contributed by atoms with E-state index >= 15 is 0 Å². The molecule has 3 rings (SSSR count). The third-order valence-electron chi connectivity index (χ3n) is 4.94. The van der Waals surface area contributed by atoms with Gasteiger partial charge in [0, 0.05) is 30.5 Å². The van der Waals surface area contributed by atoms with Crippen LogP contribution in [0.25, 0.3) is 11.3 Å². The molecule has 1 aromatic heterocycles. The lowest BCUT2D eigenvalue weighted by Gasteiger charge is -2.19. The van der Waals surface area contributed by atoms with Gasteiger partial charge in [-0.15, -0.1) is 4.68 Å². The molecule has 0 spiro atoms. The van der Waals surface area contributed by atoms with Crippen LogP contribution in [-0.4, -0.2) is 53.9 Å². The number of nitrogens with two attached hydrogens (primary N) is 2. The second-order valence-corrected chi connectivity index (χ2v) is 7.96. The topological polar surface area (TPSA) is 112 Å². The Balaban J connectivity index is 1.49. The van der Waals surface area contributed by atoms with Crippen LogP contribution in [0.5, 0.6) is 5.75 Å². The number of benzene rings is 1. The molecular weight excluding hydrogens is 416 g/mol. The zero-order chi connectivity index (χ0) is 22.2. The third-order valence-corrected chi connectivity index (χ3v) is 5.90. The summed E-state index contributed by atoms with van der Waals surface area (Å²) in [4.78, 5) is 18.3. The number of thioether (sulfide) groups is 1. The average molecular weight is 446 g/mol. The van der Waals surface area contributed by atoms with Crippen LogP contribution in [0.15, 0.2) is 52.8 Å².